The molecule has 0 atom stereocenters. The molecule has 5 nitrogen and oxygen atoms in total. The lowest BCUT2D eigenvalue weighted by Gasteiger charge is -2.26. The summed E-state index contributed by atoms with van der Waals surface area (Å²) in [6, 6.07) is 32.4. The predicted octanol–water partition coefficient (Wildman–Crippen LogP) is 7.78. The van der Waals surface area contributed by atoms with Crippen LogP contribution in [0.5, 0.6) is 5.75 Å². The number of hydrogen-bond donors (Lipinski definition) is 0. The van der Waals surface area contributed by atoms with Crippen LogP contribution in [0.25, 0.3) is 0 Å². The molecule has 0 radical (unpaired) electrons. The maximum absolute atomic E-state index is 5.63. The van der Waals surface area contributed by atoms with E-state index in [1.165, 1.54) is 11.1 Å². The van der Waals surface area contributed by atoms with Crippen LogP contribution >= 0.6 is 0 Å². The van der Waals surface area contributed by atoms with Gasteiger partial charge in [-0.15, -0.1) is 0 Å². The van der Waals surface area contributed by atoms with Gasteiger partial charge in [0.25, 0.3) is 0 Å². The Morgan fingerprint density at radius 3 is 1.50 bits per heavy atom. The summed E-state index contributed by atoms with van der Waals surface area (Å²) in [4.78, 5) is 9.42. The summed E-state index contributed by atoms with van der Waals surface area (Å²) in [5.74, 6) is 1.82. The van der Waals surface area contributed by atoms with Crippen LogP contribution in [-0.4, -0.2) is 33.1 Å². The van der Waals surface area contributed by atoms with Crippen LogP contribution in [0, 0.1) is 6.92 Å². The summed E-state index contributed by atoms with van der Waals surface area (Å²) in [6.07, 6.45) is 0. The van der Waals surface area contributed by atoms with Crippen molar-refractivity contribution < 1.29 is 14.2 Å². The minimum absolute atomic E-state index is 0.218. The predicted molar refractivity (Wildman–Crippen MR) is 156 cm³/mol. The molecule has 0 heterocycles. The van der Waals surface area contributed by atoms with E-state index in [2.05, 4.69) is 55.2 Å². The Hall–Kier alpha value is -4.38. The van der Waals surface area contributed by atoms with Crippen LogP contribution in [0.1, 0.15) is 41.7 Å². The van der Waals surface area contributed by atoms with Gasteiger partial charge in [-0.05, 0) is 66.1 Å². The van der Waals surface area contributed by atoms with Gasteiger partial charge in [0.2, 0.25) is 11.8 Å². The average molecular weight is 507 g/mol. The number of nitrogens with zero attached hydrogens (tertiary/aromatic N) is 2. The minimum atomic E-state index is -0.218. The van der Waals surface area contributed by atoms with E-state index >= 15 is 0 Å². The number of para-hydroxylation sites is 3. The molecular weight excluding hydrogens is 472 g/mol. The third-order valence-electron chi connectivity index (χ3n) is 6.74. The SMILES string of the molecule is COC(=Nc1ccccc1C)c1ccc(C(C)(C)c2ccc(C(=Nc3ccccc3OC)OC)cc2)cc1. The molecule has 194 valence electrons. The van der Waals surface area contributed by atoms with Gasteiger partial charge in [0.1, 0.15) is 11.4 Å². The zero-order valence-corrected chi connectivity index (χ0v) is 22.9. The van der Waals surface area contributed by atoms with Crippen molar-refractivity contribution in [2.24, 2.45) is 9.98 Å². The number of benzene rings is 4. The highest BCUT2D eigenvalue weighted by Crippen LogP contribution is 2.33. The first-order valence-corrected chi connectivity index (χ1v) is 12.5. The summed E-state index contributed by atoms with van der Waals surface area (Å²) in [7, 11) is 4.92. The van der Waals surface area contributed by atoms with Crippen molar-refractivity contribution in [2.45, 2.75) is 26.2 Å². The fourth-order valence-corrected chi connectivity index (χ4v) is 4.31. The standard InChI is InChI=1S/C33H34N2O3/c1-23-11-7-8-12-28(23)34-31(37-5)24-15-19-26(20-16-24)33(2,3)27-21-17-25(18-22-27)32(38-6)35-29-13-9-10-14-30(29)36-4/h7-22H,1-6H3. The van der Waals surface area contributed by atoms with Crippen molar-refractivity contribution in [3.63, 3.8) is 0 Å². The highest BCUT2D eigenvalue weighted by Gasteiger charge is 2.24. The van der Waals surface area contributed by atoms with Crippen LogP contribution in [-0.2, 0) is 14.9 Å². The molecule has 0 bridgehead atoms. The molecule has 0 amide bonds. The highest BCUT2D eigenvalue weighted by molar-refractivity contribution is 5.96. The topological polar surface area (TPSA) is 52.4 Å². The van der Waals surface area contributed by atoms with Gasteiger partial charge in [0.15, 0.2) is 0 Å². The third kappa shape index (κ3) is 5.78. The molecule has 4 rings (SSSR count). The summed E-state index contributed by atoms with van der Waals surface area (Å²) in [5.41, 5.74) is 6.71. The first-order chi connectivity index (χ1) is 18.4. The van der Waals surface area contributed by atoms with Crippen molar-refractivity contribution in [1.82, 2.24) is 0 Å². The Morgan fingerprint density at radius 1 is 0.579 bits per heavy atom. The molecule has 38 heavy (non-hydrogen) atoms. The first-order valence-electron chi connectivity index (χ1n) is 12.5. The van der Waals surface area contributed by atoms with Crippen molar-refractivity contribution in [2.75, 3.05) is 21.3 Å². The molecular formula is C33H34N2O3. The zero-order chi connectivity index (χ0) is 27.1. The number of aliphatic imine (C=N–C) groups is 2. The van der Waals surface area contributed by atoms with Gasteiger partial charge in [-0.3, -0.25) is 0 Å². The molecule has 0 aliphatic rings. The van der Waals surface area contributed by atoms with E-state index in [-0.39, 0.29) is 5.41 Å². The molecule has 0 spiro atoms. The second-order valence-corrected chi connectivity index (χ2v) is 9.48. The number of methoxy groups -OCH3 is 3. The van der Waals surface area contributed by atoms with Gasteiger partial charge in [-0.25, -0.2) is 9.98 Å². The lowest BCUT2D eigenvalue weighted by Crippen LogP contribution is -2.19. The quantitative estimate of drug-likeness (QED) is 0.190. The van der Waals surface area contributed by atoms with Crippen molar-refractivity contribution in [1.29, 1.82) is 0 Å². The molecule has 4 aromatic carbocycles. The van der Waals surface area contributed by atoms with Crippen molar-refractivity contribution >= 4 is 23.2 Å². The minimum Gasteiger partial charge on any atom is -0.494 e. The summed E-state index contributed by atoms with van der Waals surface area (Å²) >= 11 is 0. The molecule has 0 fully saturated rings. The van der Waals surface area contributed by atoms with Crippen molar-refractivity contribution in [3.8, 4) is 5.75 Å². The maximum atomic E-state index is 5.63. The molecule has 0 saturated carbocycles. The fourth-order valence-electron chi connectivity index (χ4n) is 4.31. The van der Waals surface area contributed by atoms with Crippen LogP contribution in [0.3, 0.4) is 0 Å². The summed E-state index contributed by atoms with van der Waals surface area (Å²) < 4.78 is 16.7. The number of aryl methyl sites for hydroxylation is 1. The Kier molecular flexibility index (Phi) is 8.27. The molecule has 0 unspecified atom stereocenters. The van der Waals surface area contributed by atoms with Crippen LogP contribution < -0.4 is 4.74 Å². The fraction of sp³-hybridized carbons (Fsp3) is 0.212. The third-order valence-corrected chi connectivity index (χ3v) is 6.74. The van der Waals surface area contributed by atoms with Gasteiger partial charge in [0, 0.05) is 16.5 Å². The summed E-state index contributed by atoms with van der Waals surface area (Å²) in [6.45, 7) is 6.48. The van der Waals surface area contributed by atoms with Gasteiger partial charge in [0.05, 0.1) is 27.0 Å². The van der Waals surface area contributed by atoms with Gasteiger partial charge in [-0.1, -0.05) is 68.4 Å². The Balaban J connectivity index is 1.58. The molecule has 4 aromatic rings. The van der Waals surface area contributed by atoms with E-state index < -0.39 is 0 Å². The van der Waals surface area contributed by atoms with Crippen molar-refractivity contribution in [3.05, 3.63) is 125 Å². The van der Waals surface area contributed by atoms with Gasteiger partial charge < -0.3 is 14.2 Å². The molecule has 0 N–H and O–H groups in total. The lowest BCUT2D eigenvalue weighted by molar-refractivity contribution is 0.402. The smallest absolute Gasteiger partial charge is 0.221 e. The molecule has 0 saturated heterocycles. The van der Waals surface area contributed by atoms with E-state index in [1.807, 2.05) is 67.6 Å². The van der Waals surface area contributed by atoms with E-state index in [9.17, 15) is 0 Å². The highest BCUT2D eigenvalue weighted by atomic mass is 16.5. The largest absolute Gasteiger partial charge is 0.494 e. The normalized spacial score (nSPS) is 12.3. The number of hydrogen-bond acceptors (Lipinski definition) is 5. The number of rotatable bonds is 7. The van der Waals surface area contributed by atoms with Gasteiger partial charge in [-0.2, -0.15) is 0 Å². The first kappa shape index (κ1) is 26.7. The van der Waals surface area contributed by atoms with Crippen LogP contribution in [0.4, 0.5) is 11.4 Å². The van der Waals surface area contributed by atoms with E-state index in [0.29, 0.717) is 17.5 Å². The van der Waals surface area contributed by atoms with E-state index in [0.717, 1.165) is 28.1 Å². The second-order valence-electron chi connectivity index (χ2n) is 9.48. The zero-order valence-electron chi connectivity index (χ0n) is 22.9. The van der Waals surface area contributed by atoms with E-state index in [4.69, 9.17) is 19.2 Å². The Labute approximate surface area is 225 Å². The molecule has 5 heteroatoms. The second kappa shape index (κ2) is 11.8. The average Bonchev–Trinajstić information content (AvgIpc) is 2.96. The van der Waals surface area contributed by atoms with Crippen LogP contribution in [0.2, 0.25) is 0 Å². The summed E-state index contributed by atoms with van der Waals surface area (Å²) in [5, 5.41) is 0. The maximum Gasteiger partial charge on any atom is 0.221 e. The molecule has 0 aromatic heterocycles. The lowest BCUT2D eigenvalue weighted by atomic mass is 9.78. The molecule has 0 aliphatic heterocycles. The van der Waals surface area contributed by atoms with Gasteiger partial charge >= 0.3 is 0 Å². The van der Waals surface area contributed by atoms with E-state index in [1.54, 1.807) is 21.3 Å². The Bertz CT molecular complexity index is 1440. The number of ether oxygens (including phenoxy) is 3. The van der Waals surface area contributed by atoms with Crippen LogP contribution in [0.15, 0.2) is 107 Å². The Morgan fingerprint density at radius 2 is 1.03 bits per heavy atom. The molecule has 0 aliphatic carbocycles. The monoisotopic (exact) mass is 506 g/mol.